The number of methoxy groups -OCH3 is 1. The van der Waals surface area contributed by atoms with Crippen LogP contribution in [0, 0.1) is 0 Å². The normalized spacial score (nSPS) is 31.8. The molecule has 5 rings (SSSR count). The zero-order chi connectivity index (χ0) is 28.5. The number of Topliss-reactive ketones (excluding diaryl/α,β-unsaturated/α-hetero) is 1. The third-order valence-corrected chi connectivity index (χ3v) is 8.92. The molecule has 2 aromatic rings. The van der Waals surface area contributed by atoms with Crippen molar-refractivity contribution in [3.8, 4) is 17.2 Å². The molecule has 0 bridgehead atoms. The van der Waals surface area contributed by atoms with Crippen LogP contribution in [0.15, 0.2) is 18.2 Å². The molecular weight excluding hydrogens is 578 g/mol. The molecule has 2 aliphatic carbocycles. The topological polar surface area (TPSA) is 186 Å². The Morgan fingerprint density at radius 2 is 1.82 bits per heavy atom. The van der Waals surface area contributed by atoms with Crippen LogP contribution in [0.5, 0.6) is 17.2 Å². The Morgan fingerprint density at radius 1 is 1.15 bits per heavy atom. The van der Waals surface area contributed by atoms with Crippen LogP contribution in [0.1, 0.15) is 69.3 Å². The van der Waals surface area contributed by atoms with Crippen molar-refractivity contribution in [3.05, 3.63) is 51.6 Å². The van der Waals surface area contributed by atoms with Crippen LogP contribution in [0.3, 0.4) is 0 Å². The van der Waals surface area contributed by atoms with Gasteiger partial charge in [-0.1, -0.05) is 28.1 Å². The first-order valence-corrected chi connectivity index (χ1v) is 13.2. The van der Waals surface area contributed by atoms with Gasteiger partial charge >= 0.3 is 0 Å². The van der Waals surface area contributed by atoms with Gasteiger partial charge in [0.2, 0.25) is 5.78 Å². The molecular formula is C27H28BrNO10. The SMILES string of the molecule is COc1cccc2c1C(=O)c1c(O)c3c(c(O)c1C2=O)CC(O)(C(C)=O)CC3OC1OC(C)C(O)C(N)C1Br. The smallest absolute Gasteiger partial charge is 0.202 e. The number of aliphatic hydroxyl groups is 2. The molecule has 0 spiro atoms. The maximum atomic E-state index is 13.7. The van der Waals surface area contributed by atoms with Gasteiger partial charge in [0.15, 0.2) is 17.9 Å². The summed E-state index contributed by atoms with van der Waals surface area (Å²) < 4.78 is 17.2. The molecule has 0 radical (unpaired) electrons. The van der Waals surface area contributed by atoms with Crippen LogP contribution < -0.4 is 10.5 Å². The molecule has 1 fully saturated rings. The van der Waals surface area contributed by atoms with Crippen molar-refractivity contribution in [1.82, 2.24) is 0 Å². The molecule has 7 unspecified atom stereocenters. The van der Waals surface area contributed by atoms with E-state index in [0.29, 0.717) is 0 Å². The van der Waals surface area contributed by atoms with Crippen LogP contribution in [-0.4, -0.2) is 79.9 Å². The molecule has 208 valence electrons. The Kier molecular flexibility index (Phi) is 6.85. The first kappa shape index (κ1) is 27.7. The van der Waals surface area contributed by atoms with Gasteiger partial charge in [0, 0.05) is 29.5 Å². The summed E-state index contributed by atoms with van der Waals surface area (Å²) in [7, 11) is 1.34. The standard InChI is InChI=1S/C27H28BrNO10/c1-9-21(31)20(29)19(28)26(38-9)39-14-8-27(36,10(2)30)7-12-16(14)25(35)18-17(23(12)33)22(32)11-5-4-6-13(37-3)15(11)24(18)34/h4-6,9,14,19-21,26,31,33,35-36H,7-8,29H2,1-3H3. The molecule has 0 saturated carbocycles. The molecule has 11 nitrogen and oxygen atoms in total. The molecule has 2 aromatic carbocycles. The lowest BCUT2D eigenvalue weighted by Gasteiger charge is -2.44. The number of hydrogen-bond acceptors (Lipinski definition) is 11. The number of alkyl halides is 1. The number of fused-ring (bicyclic) bond motifs is 3. The van der Waals surface area contributed by atoms with E-state index < -0.39 is 87.5 Å². The minimum atomic E-state index is -2.03. The fourth-order valence-corrected chi connectivity index (χ4v) is 6.18. The second kappa shape index (κ2) is 9.65. The van der Waals surface area contributed by atoms with Gasteiger partial charge in [-0.3, -0.25) is 14.4 Å². The number of phenolic OH excluding ortho intramolecular Hbond substituents is 2. The number of rotatable bonds is 4. The van der Waals surface area contributed by atoms with Crippen molar-refractivity contribution in [2.45, 2.75) is 67.8 Å². The summed E-state index contributed by atoms with van der Waals surface area (Å²) in [5.41, 5.74) is 2.96. The number of benzene rings is 2. The number of aromatic hydroxyl groups is 2. The summed E-state index contributed by atoms with van der Waals surface area (Å²) in [4.78, 5) is 39.0. The highest BCUT2D eigenvalue weighted by Gasteiger charge is 2.50. The predicted molar refractivity (Wildman–Crippen MR) is 138 cm³/mol. The maximum absolute atomic E-state index is 13.7. The fourth-order valence-electron chi connectivity index (χ4n) is 5.62. The Hall–Kier alpha value is -2.87. The van der Waals surface area contributed by atoms with Crippen molar-refractivity contribution in [2.75, 3.05) is 7.11 Å². The lowest BCUT2D eigenvalue weighted by Crippen LogP contribution is -2.59. The van der Waals surface area contributed by atoms with Crippen molar-refractivity contribution < 1.29 is 49.0 Å². The van der Waals surface area contributed by atoms with E-state index in [-0.39, 0.29) is 34.4 Å². The lowest BCUT2D eigenvalue weighted by molar-refractivity contribution is -0.242. The largest absolute Gasteiger partial charge is 0.507 e. The average Bonchev–Trinajstić information content (AvgIpc) is 2.90. The summed E-state index contributed by atoms with van der Waals surface area (Å²) in [5, 5.41) is 44.4. The van der Waals surface area contributed by atoms with Crippen LogP contribution in [0.4, 0.5) is 0 Å². The molecule has 3 aliphatic rings. The van der Waals surface area contributed by atoms with E-state index >= 15 is 0 Å². The first-order valence-electron chi connectivity index (χ1n) is 12.3. The van der Waals surface area contributed by atoms with Gasteiger partial charge in [0.25, 0.3) is 0 Å². The van der Waals surface area contributed by atoms with Gasteiger partial charge in [-0.15, -0.1) is 0 Å². The van der Waals surface area contributed by atoms with E-state index in [4.69, 9.17) is 19.9 Å². The van der Waals surface area contributed by atoms with E-state index in [1.807, 2.05) is 0 Å². The zero-order valence-corrected chi connectivity index (χ0v) is 22.9. The molecule has 39 heavy (non-hydrogen) atoms. The molecule has 12 heteroatoms. The van der Waals surface area contributed by atoms with Crippen LogP contribution in [-0.2, 0) is 20.7 Å². The highest BCUT2D eigenvalue weighted by atomic mass is 79.9. The predicted octanol–water partition coefficient (Wildman–Crippen LogP) is 1.40. The minimum absolute atomic E-state index is 0.0220. The van der Waals surface area contributed by atoms with Gasteiger partial charge in [0.1, 0.15) is 22.8 Å². The van der Waals surface area contributed by atoms with E-state index in [9.17, 15) is 34.8 Å². The summed E-state index contributed by atoms with van der Waals surface area (Å²) in [6, 6.07) is 3.62. The van der Waals surface area contributed by atoms with Crippen LogP contribution in [0.25, 0.3) is 0 Å². The second-order valence-corrected chi connectivity index (χ2v) is 11.3. The highest BCUT2D eigenvalue weighted by molar-refractivity contribution is 9.09. The number of hydrogen-bond donors (Lipinski definition) is 5. The fraction of sp³-hybridized carbons (Fsp3) is 0.444. The van der Waals surface area contributed by atoms with Crippen molar-refractivity contribution in [3.63, 3.8) is 0 Å². The number of ether oxygens (including phenoxy) is 3. The molecule has 0 amide bonds. The van der Waals surface area contributed by atoms with Crippen molar-refractivity contribution in [2.24, 2.45) is 5.73 Å². The van der Waals surface area contributed by atoms with E-state index in [0.717, 1.165) is 0 Å². The Balaban J connectivity index is 1.70. The Morgan fingerprint density at radius 3 is 2.46 bits per heavy atom. The summed E-state index contributed by atoms with van der Waals surface area (Å²) in [6.45, 7) is 2.77. The third kappa shape index (κ3) is 4.09. The van der Waals surface area contributed by atoms with Crippen molar-refractivity contribution in [1.29, 1.82) is 0 Å². The summed E-state index contributed by atoms with van der Waals surface area (Å²) >= 11 is 3.37. The van der Waals surface area contributed by atoms with Crippen molar-refractivity contribution >= 4 is 33.3 Å². The van der Waals surface area contributed by atoms with E-state index in [2.05, 4.69) is 15.9 Å². The Bertz CT molecular complexity index is 1410. The molecule has 7 atom stereocenters. The number of ketones is 3. The van der Waals surface area contributed by atoms with Gasteiger partial charge in [-0.25, -0.2) is 0 Å². The highest BCUT2D eigenvalue weighted by Crippen LogP contribution is 2.52. The minimum Gasteiger partial charge on any atom is -0.507 e. The van der Waals surface area contributed by atoms with Gasteiger partial charge in [-0.05, 0) is 19.9 Å². The van der Waals surface area contributed by atoms with Crippen LogP contribution >= 0.6 is 15.9 Å². The average molecular weight is 606 g/mol. The molecule has 0 aromatic heterocycles. The number of nitrogens with two attached hydrogens (primary N) is 1. The summed E-state index contributed by atoms with van der Waals surface area (Å²) in [5.74, 6) is -3.25. The van der Waals surface area contributed by atoms with Gasteiger partial charge in [-0.2, -0.15) is 0 Å². The first-order chi connectivity index (χ1) is 18.3. The van der Waals surface area contributed by atoms with E-state index in [1.165, 1.54) is 32.2 Å². The maximum Gasteiger partial charge on any atom is 0.202 e. The third-order valence-electron chi connectivity index (χ3n) is 7.88. The van der Waals surface area contributed by atoms with Gasteiger partial charge < -0.3 is 40.4 Å². The summed E-state index contributed by atoms with van der Waals surface area (Å²) in [6.07, 6.45) is -4.92. The molecule has 6 N–H and O–H groups in total. The molecule has 1 saturated heterocycles. The molecule has 1 aliphatic heterocycles. The van der Waals surface area contributed by atoms with E-state index in [1.54, 1.807) is 6.92 Å². The number of halogens is 1. The number of carbonyl (C=O) groups is 3. The monoisotopic (exact) mass is 605 g/mol. The van der Waals surface area contributed by atoms with Crippen LogP contribution in [0.2, 0.25) is 0 Å². The second-order valence-electron chi connectivity index (χ2n) is 10.2. The number of aliphatic hydroxyl groups excluding tert-OH is 1. The van der Waals surface area contributed by atoms with Gasteiger partial charge in [0.05, 0.1) is 53.0 Å². The molecule has 1 heterocycles. The Labute approximate surface area is 231 Å². The number of carbonyl (C=O) groups excluding carboxylic acids is 3. The lowest BCUT2D eigenvalue weighted by atomic mass is 9.72. The quantitative estimate of drug-likeness (QED) is 0.214. The number of phenols is 2. The zero-order valence-electron chi connectivity index (χ0n) is 21.3.